The number of nitrogens with zero attached hydrogens (tertiary/aromatic N) is 3. The van der Waals surface area contributed by atoms with Gasteiger partial charge in [0, 0.05) is 30.5 Å². The van der Waals surface area contributed by atoms with E-state index in [1.54, 1.807) is 13.3 Å². The molecular formula is C14H20N4O. The molecule has 1 N–H and O–H groups in total. The highest BCUT2D eigenvalue weighted by Gasteiger charge is 2.05. The maximum absolute atomic E-state index is 5.25. The van der Waals surface area contributed by atoms with Crippen molar-refractivity contribution >= 4 is 0 Å². The van der Waals surface area contributed by atoms with E-state index in [-0.39, 0.29) is 0 Å². The summed E-state index contributed by atoms with van der Waals surface area (Å²) in [4.78, 5) is 8.57. The van der Waals surface area contributed by atoms with Crippen molar-refractivity contribution in [1.29, 1.82) is 0 Å². The standard InChI is InChI=1S/C14H20N4O/c1-11(2)16-7-13-9-18(10-17-13)8-12-5-4-6-15-14(12)19-3/h4-6,9-11,16H,7-8H2,1-3H3. The van der Waals surface area contributed by atoms with Crippen LogP contribution in [0, 0.1) is 0 Å². The van der Waals surface area contributed by atoms with E-state index in [2.05, 4.69) is 29.1 Å². The Labute approximate surface area is 113 Å². The number of methoxy groups -OCH3 is 1. The number of hydrogen-bond donors (Lipinski definition) is 1. The number of nitrogens with one attached hydrogen (secondary N) is 1. The average molecular weight is 260 g/mol. The Kier molecular flexibility index (Phi) is 4.52. The van der Waals surface area contributed by atoms with Gasteiger partial charge in [-0.25, -0.2) is 9.97 Å². The van der Waals surface area contributed by atoms with Gasteiger partial charge in [0.25, 0.3) is 0 Å². The van der Waals surface area contributed by atoms with E-state index in [0.29, 0.717) is 18.5 Å². The first kappa shape index (κ1) is 13.5. The first-order valence-electron chi connectivity index (χ1n) is 6.41. The fraction of sp³-hybridized carbons (Fsp3) is 0.429. The molecule has 0 aromatic carbocycles. The van der Waals surface area contributed by atoms with Crippen molar-refractivity contribution in [3.8, 4) is 5.88 Å². The first-order valence-corrected chi connectivity index (χ1v) is 6.41. The van der Waals surface area contributed by atoms with Gasteiger partial charge in [-0.05, 0) is 6.07 Å². The van der Waals surface area contributed by atoms with E-state index in [1.807, 2.05) is 29.2 Å². The number of imidazole rings is 1. The van der Waals surface area contributed by atoms with Crippen molar-refractivity contribution in [2.45, 2.75) is 33.0 Å². The lowest BCUT2D eigenvalue weighted by molar-refractivity contribution is 0.391. The van der Waals surface area contributed by atoms with Gasteiger partial charge < -0.3 is 14.6 Å². The fourth-order valence-corrected chi connectivity index (χ4v) is 1.82. The lowest BCUT2D eigenvalue weighted by atomic mass is 10.2. The smallest absolute Gasteiger partial charge is 0.218 e. The molecule has 2 rings (SSSR count). The van der Waals surface area contributed by atoms with Crippen LogP contribution >= 0.6 is 0 Å². The zero-order valence-electron chi connectivity index (χ0n) is 11.6. The third-order valence-electron chi connectivity index (χ3n) is 2.77. The summed E-state index contributed by atoms with van der Waals surface area (Å²) >= 11 is 0. The summed E-state index contributed by atoms with van der Waals surface area (Å²) in [6.45, 7) is 5.75. The van der Waals surface area contributed by atoms with Gasteiger partial charge in [0.05, 0.1) is 25.7 Å². The molecule has 0 aliphatic carbocycles. The number of aromatic nitrogens is 3. The molecule has 2 aromatic heterocycles. The second-order valence-electron chi connectivity index (χ2n) is 4.74. The highest BCUT2D eigenvalue weighted by molar-refractivity contribution is 5.25. The van der Waals surface area contributed by atoms with Crippen LogP contribution in [0.5, 0.6) is 5.88 Å². The Morgan fingerprint density at radius 3 is 2.95 bits per heavy atom. The fourth-order valence-electron chi connectivity index (χ4n) is 1.82. The van der Waals surface area contributed by atoms with Crippen molar-refractivity contribution in [3.05, 3.63) is 42.1 Å². The molecule has 2 aromatic rings. The maximum atomic E-state index is 5.25. The Balaban J connectivity index is 2.03. The molecule has 0 atom stereocenters. The maximum Gasteiger partial charge on any atom is 0.218 e. The van der Waals surface area contributed by atoms with Crippen molar-refractivity contribution in [1.82, 2.24) is 19.9 Å². The molecular weight excluding hydrogens is 240 g/mol. The molecule has 0 spiro atoms. The quantitative estimate of drug-likeness (QED) is 0.861. The zero-order valence-corrected chi connectivity index (χ0v) is 11.6. The minimum Gasteiger partial charge on any atom is -0.481 e. The predicted molar refractivity (Wildman–Crippen MR) is 74.1 cm³/mol. The predicted octanol–water partition coefficient (Wildman–Crippen LogP) is 1.83. The van der Waals surface area contributed by atoms with Gasteiger partial charge in [-0.2, -0.15) is 0 Å². The van der Waals surface area contributed by atoms with E-state index in [4.69, 9.17) is 4.74 Å². The molecule has 0 amide bonds. The second-order valence-corrected chi connectivity index (χ2v) is 4.74. The monoisotopic (exact) mass is 260 g/mol. The number of hydrogen-bond acceptors (Lipinski definition) is 4. The Hall–Kier alpha value is -1.88. The topological polar surface area (TPSA) is 52.0 Å². The van der Waals surface area contributed by atoms with E-state index in [0.717, 1.165) is 17.8 Å². The van der Waals surface area contributed by atoms with Crippen LogP contribution in [0.15, 0.2) is 30.9 Å². The summed E-state index contributed by atoms with van der Waals surface area (Å²) in [5.74, 6) is 0.665. The molecule has 0 radical (unpaired) electrons. The largest absolute Gasteiger partial charge is 0.481 e. The molecule has 102 valence electrons. The van der Waals surface area contributed by atoms with E-state index in [9.17, 15) is 0 Å². The lowest BCUT2D eigenvalue weighted by Crippen LogP contribution is -2.21. The average Bonchev–Trinajstić information content (AvgIpc) is 2.85. The molecule has 0 saturated carbocycles. The molecule has 19 heavy (non-hydrogen) atoms. The summed E-state index contributed by atoms with van der Waals surface area (Å²) in [5.41, 5.74) is 2.09. The van der Waals surface area contributed by atoms with E-state index >= 15 is 0 Å². The zero-order chi connectivity index (χ0) is 13.7. The normalized spacial score (nSPS) is 10.9. The molecule has 2 heterocycles. The minimum absolute atomic E-state index is 0.462. The van der Waals surface area contributed by atoms with Gasteiger partial charge in [0.2, 0.25) is 5.88 Å². The van der Waals surface area contributed by atoms with Gasteiger partial charge >= 0.3 is 0 Å². The summed E-state index contributed by atoms with van der Waals surface area (Å²) in [6.07, 6.45) is 5.61. The van der Waals surface area contributed by atoms with Gasteiger partial charge in [0.1, 0.15) is 0 Å². The van der Waals surface area contributed by atoms with E-state index in [1.165, 1.54) is 0 Å². The van der Waals surface area contributed by atoms with Crippen LogP contribution in [-0.4, -0.2) is 27.7 Å². The van der Waals surface area contributed by atoms with Crippen molar-refractivity contribution < 1.29 is 4.74 Å². The molecule has 5 heteroatoms. The SMILES string of the molecule is COc1ncccc1Cn1cnc(CNC(C)C)c1. The molecule has 0 saturated heterocycles. The summed E-state index contributed by atoms with van der Waals surface area (Å²) in [6, 6.07) is 4.39. The van der Waals surface area contributed by atoms with Crippen LogP contribution < -0.4 is 10.1 Å². The number of ether oxygens (including phenoxy) is 1. The molecule has 5 nitrogen and oxygen atoms in total. The van der Waals surface area contributed by atoms with Crippen LogP contribution in [0.4, 0.5) is 0 Å². The Bertz CT molecular complexity index is 522. The molecule has 0 fully saturated rings. The van der Waals surface area contributed by atoms with Gasteiger partial charge in [0.15, 0.2) is 0 Å². The van der Waals surface area contributed by atoms with Crippen LogP contribution in [0.2, 0.25) is 0 Å². The minimum atomic E-state index is 0.462. The summed E-state index contributed by atoms with van der Waals surface area (Å²) in [7, 11) is 1.64. The van der Waals surface area contributed by atoms with Gasteiger partial charge in [-0.3, -0.25) is 0 Å². The third-order valence-corrected chi connectivity index (χ3v) is 2.77. The Morgan fingerprint density at radius 1 is 1.37 bits per heavy atom. The second kappa shape index (κ2) is 6.33. The van der Waals surface area contributed by atoms with Crippen LogP contribution in [0.3, 0.4) is 0 Å². The van der Waals surface area contributed by atoms with Gasteiger partial charge in [-0.15, -0.1) is 0 Å². The van der Waals surface area contributed by atoms with Crippen molar-refractivity contribution in [2.75, 3.05) is 7.11 Å². The Morgan fingerprint density at radius 2 is 2.21 bits per heavy atom. The molecule has 0 aliphatic heterocycles. The van der Waals surface area contributed by atoms with Crippen molar-refractivity contribution in [3.63, 3.8) is 0 Å². The number of rotatable bonds is 6. The highest BCUT2D eigenvalue weighted by atomic mass is 16.5. The lowest BCUT2D eigenvalue weighted by Gasteiger charge is -2.07. The molecule has 0 bridgehead atoms. The van der Waals surface area contributed by atoms with Crippen LogP contribution in [-0.2, 0) is 13.1 Å². The summed E-state index contributed by atoms with van der Waals surface area (Å²) < 4.78 is 7.28. The number of pyridine rings is 1. The summed E-state index contributed by atoms with van der Waals surface area (Å²) in [5, 5.41) is 3.35. The van der Waals surface area contributed by atoms with E-state index < -0.39 is 0 Å². The van der Waals surface area contributed by atoms with Crippen LogP contribution in [0.25, 0.3) is 0 Å². The van der Waals surface area contributed by atoms with Crippen LogP contribution in [0.1, 0.15) is 25.1 Å². The van der Waals surface area contributed by atoms with Gasteiger partial charge in [-0.1, -0.05) is 19.9 Å². The molecule has 0 aliphatic rings. The van der Waals surface area contributed by atoms with Crippen molar-refractivity contribution in [2.24, 2.45) is 0 Å². The highest BCUT2D eigenvalue weighted by Crippen LogP contribution is 2.15. The third kappa shape index (κ3) is 3.79. The first-order chi connectivity index (χ1) is 9.19. The molecule has 0 unspecified atom stereocenters.